The molecule has 0 aromatic heterocycles. The van der Waals surface area contributed by atoms with Crippen LogP contribution >= 0.6 is 0 Å². The van der Waals surface area contributed by atoms with Crippen molar-refractivity contribution in [3.8, 4) is 11.1 Å². The van der Waals surface area contributed by atoms with E-state index in [1.807, 2.05) is 48.5 Å². The van der Waals surface area contributed by atoms with Crippen LogP contribution in [0.4, 0.5) is 4.79 Å². The van der Waals surface area contributed by atoms with Crippen molar-refractivity contribution in [2.45, 2.75) is 39.2 Å². The molecular formula is C23H25NO5. The third kappa shape index (κ3) is 4.47. The summed E-state index contributed by atoms with van der Waals surface area (Å²) in [4.78, 5) is 35.9. The predicted octanol–water partition coefficient (Wildman–Crippen LogP) is 3.98. The summed E-state index contributed by atoms with van der Waals surface area (Å²) < 4.78 is 5.36. The van der Waals surface area contributed by atoms with E-state index in [0.717, 1.165) is 22.3 Å². The molecule has 2 aromatic rings. The Bertz CT molecular complexity index is 899. The highest BCUT2D eigenvalue weighted by atomic mass is 16.5. The van der Waals surface area contributed by atoms with E-state index in [1.54, 1.807) is 20.8 Å². The summed E-state index contributed by atoms with van der Waals surface area (Å²) in [5.74, 6) is -1.63. The van der Waals surface area contributed by atoms with Gasteiger partial charge in [-0.3, -0.25) is 4.79 Å². The van der Waals surface area contributed by atoms with Gasteiger partial charge in [-0.25, -0.2) is 9.59 Å². The highest BCUT2D eigenvalue weighted by Gasteiger charge is 2.31. The lowest BCUT2D eigenvalue weighted by molar-refractivity contribution is -0.142. The van der Waals surface area contributed by atoms with E-state index in [0.29, 0.717) is 0 Å². The summed E-state index contributed by atoms with van der Waals surface area (Å²) in [5, 5.41) is 11.7. The number of ether oxygens (including phenoxy) is 1. The molecule has 1 aliphatic rings. The van der Waals surface area contributed by atoms with Gasteiger partial charge >= 0.3 is 12.1 Å². The molecule has 1 aliphatic carbocycles. The first-order valence-electron chi connectivity index (χ1n) is 9.56. The standard InChI is InChI=1S/C23H25NO5/c1-23(2,3)20(25)12-19(21(26)27)24-22(28)29-13-18-16-10-6-4-8-14(16)15-9-5-7-11-17(15)18/h4-11,18-19H,12-13H2,1-3H3,(H,24,28)(H,26,27)/t19-/m1/s1. The Morgan fingerprint density at radius 3 is 2.00 bits per heavy atom. The number of hydrogen-bond donors (Lipinski definition) is 2. The maximum Gasteiger partial charge on any atom is 0.407 e. The minimum atomic E-state index is -1.32. The van der Waals surface area contributed by atoms with Gasteiger partial charge < -0.3 is 15.2 Å². The van der Waals surface area contributed by atoms with E-state index >= 15 is 0 Å². The van der Waals surface area contributed by atoms with Gasteiger partial charge in [0.25, 0.3) is 0 Å². The van der Waals surface area contributed by atoms with E-state index < -0.39 is 23.5 Å². The number of ketones is 1. The molecule has 0 unspecified atom stereocenters. The van der Waals surface area contributed by atoms with Gasteiger partial charge in [-0.2, -0.15) is 0 Å². The predicted molar refractivity (Wildman–Crippen MR) is 109 cm³/mol. The van der Waals surface area contributed by atoms with Gasteiger partial charge in [-0.1, -0.05) is 69.3 Å². The van der Waals surface area contributed by atoms with Crippen LogP contribution in [0.15, 0.2) is 48.5 Å². The van der Waals surface area contributed by atoms with E-state index in [-0.39, 0.29) is 24.7 Å². The molecule has 6 heteroatoms. The Morgan fingerprint density at radius 1 is 1.00 bits per heavy atom. The second-order valence-electron chi connectivity index (χ2n) is 8.24. The van der Waals surface area contributed by atoms with Gasteiger partial charge in [0.1, 0.15) is 18.4 Å². The van der Waals surface area contributed by atoms with Crippen molar-refractivity contribution in [2.24, 2.45) is 5.41 Å². The topological polar surface area (TPSA) is 92.7 Å². The second kappa shape index (κ2) is 8.07. The van der Waals surface area contributed by atoms with E-state index in [1.165, 1.54) is 0 Å². The maximum atomic E-state index is 12.3. The number of carboxylic acid groups (broad SMARTS) is 1. The van der Waals surface area contributed by atoms with Crippen molar-refractivity contribution in [3.05, 3.63) is 59.7 Å². The number of hydrogen-bond acceptors (Lipinski definition) is 4. The van der Waals surface area contributed by atoms with Crippen LogP contribution in [0.2, 0.25) is 0 Å². The fourth-order valence-corrected chi connectivity index (χ4v) is 3.47. The van der Waals surface area contributed by atoms with Crippen LogP contribution in [0.1, 0.15) is 44.2 Å². The first-order chi connectivity index (χ1) is 13.7. The lowest BCUT2D eigenvalue weighted by atomic mass is 9.87. The van der Waals surface area contributed by atoms with E-state index in [4.69, 9.17) is 4.74 Å². The van der Waals surface area contributed by atoms with Gasteiger partial charge in [0.05, 0.1) is 0 Å². The van der Waals surface area contributed by atoms with Crippen LogP contribution in [0.5, 0.6) is 0 Å². The number of benzene rings is 2. The van der Waals surface area contributed by atoms with Crippen LogP contribution in [-0.4, -0.2) is 35.6 Å². The van der Waals surface area contributed by atoms with Gasteiger partial charge in [-0.15, -0.1) is 0 Å². The van der Waals surface area contributed by atoms with Crippen LogP contribution in [0.3, 0.4) is 0 Å². The molecule has 0 radical (unpaired) electrons. The van der Waals surface area contributed by atoms with Crippen molar-refractivity contribution >= 4 is 17.8 Å². The highest BCUT2D eigenvalue weighted by Crippen LogP contribution is 2.44. The molecule has 29 heavy (non-hydrogen) atoms. The fourth-order valence-electron chi connectivity index (χ4n) is 3.47. The number of carbonyl (C=O) groups is 3. The molecule has 0 heterocycles. The zero-order valence-corrected chi connectivity index (χ0v) is 16.8. The van der Waals surface area contributed by atoms with Gasteiger partial charge in [-0.05, 0) is 22.3 Å². The molecule has 6 nitrogen and oxygen atoms in total. The van der Waals surface area contributed by atoms with Gasteiger partial charge in [0.2, 0.25) is 0 Å². The number of Topliss-reactive ketones (excluding diaryl/α,β-unsaturated/α-hetero) is 1. The van der Waals surface area contributed by atoms with Crippen molar-refractivity contribution in [1.82, 2.24) is 5.32 Å². The summed E-state index contributed by atoms with van der Waals surface area (Å²) in [6.45, 7) is 5.21. The summed E-state index contributed by atoms with van der Waals surface area (Å²) in [6.07, 6.45) is -1.13. The Hall–Kier alpha value is -3.15. The minimum absolute atomic E-state index is 0.0828. The molecule has 0 spiro atoms. The van der Waals surface area contributed by atoms with Gasteiger partial charge in [0, 0.05) is 17.8 Å². The molecule has 3 rings (SSSR count). The smallest absolute Gasteiger partial charge is 0.407 e. The molecule has 0 fully saturated rings. The number of rotatable bonds is 6. The molecule has 152 valence electrons. The van der Waals surface area contributed by atoms with Crippen molar-refractivity contribution < 1.29 is 24.2 Å². The molecule has 0 aliphatic heterocycles. The number of nitrogens with one attached hydrogen (secondary N) is 1. The van der Waals surface area contributed by atoms with Crippen LogP contribution in [0.25, 0.3) is 11.1 Å². The molecule has 2 N–H and O–H groups in total. The molecule has 0 saturated carbocycles. The Labute approximate surface area is 169 Å². The van der Waals surface area contributed by atoms with Crippen LogP contribution < -0.4 is 5.32 Å². The van der Waals surface area contributed by atoms with Gasteiger partial charge in [0.15, 0.2) is 0 Å². The Kier molecular flexibility index (Phi) is 5.73. The molecule has 1 amide bonds. The zero-order chi connectivity index (χ0) is 21.2. The molecule has 2 aromatic carbocycles. The van der Waals surface area contributed by atoms with E-state index in [9.17, 15) is 19.5 Å². The normalized spacial score (nSPS) is 13.9. The number of aliphatic carboxylic acids is 1. The summed E-state index contributed by atoms with van der Waals surface area (Å²) in [6, 6.07) is 14.6. The summed E-state index contributed by atoms with van der Waals surface area (Å²) in [5.41, 5.74) is 3.67. The van der Waals surface area contributed by atoms with Crippen molar-refractivity contribution in [3.63, 3.8) is 0 Å². The Morgan fingerprint density at radius 2 is 1.52 bits per heavy atom. The molecule has 0 bridgehead atoms. The summed E-state index contributed by atoms with van der Waals surface area (Å²) >= 11 is 0. The van der Waals surface area contributed by atoms with E-state index in [2.05, 4.69) is 5.32 Å². The monoisotopic (exact) mass is 395 g/mol. The third-order valence-electron chi connectivity index (χ3n) is 5.16. The fraction of sp³-hybridized carbons (Fsp3) is 0.348. The van der Waals surface area contributed by atoms with Crippen LogP contribution in [0, 0.1) is 5.41 Å². The maximum absolute atomic E-state index is 12.3. The van der Waals surface area contributed by atoms with Crippen molar-refractivity contribution in [2.75, 3.05) is 6.61 Å². The number of amides is 1. The number of alkyl carbamates (subject to hydrolysis) is 1. The quantitative estimate of drug-likeness (QED) is 0.772. The first kappa shape index (κ1) is 20.6. The summed E-state index contributed by atoms with van der Waals surface area (Å²) in [7, 11) is 0. The Balaban J connectivity index is 1.67. The molecule has 0 saturated heterocycles. The largest absolute Gasteiger partial charge is 0.480 e. The van der Waals surface area contributed by atoms with Crippen LogP contribution in [-0.2, 0) is 14.3 Å². The lowest BCUT2D eigenvalue weighted by Crippen LogP contribution is -2.44. The number of fused-ring (bicyclic) bond motifs is 3. The highest BCUT2D eigenvalue weighted by molar-refractivity contribution is 5.90. The first-order valence-corrected chi connectivity index (χ1v) is 9.56. The lowest BCUT2D eigenvalue weighted by Gasteiger charge is -2.21. The number of carboxylic acids is 1. The average molecular weight is 395 g/mol. The second-order valence-corrected chi connectivity index (χ2v) is 8.24. The van der Waals surface area contributed by atoms with Crippen molar-refractivity contribution in [1.29, 1.82) is 0 Å². The molecule has 1 atom stereocenters. The number of carbonyl (C=O) groups excluding carboxylic acids is 2. The SMILES string of the molecule is CC(C)(C)C(=O)C[C@@H](NC(=O)OCC1c2ccccc2-c2ccccc21)C(=O)O. The molecular weight excluding hydrogens is 370 g/mol. The zero-order valence-electron chi connectivity index (χ0n) is 16.8. The third-order valence-corrected chi connectivity index (χ3v) is 5.16. The average Bonchev–Trinajstić information content (AvgIpc) is 2.99. The minimum Gasteiger partial charge on any atom is -0.480 e.